The fourth-order valence-electron chi connectivity index (χ4n) is 4.53. The van der Waals surface area contributed by atoms with Crippen LogP contribution in [0.2, 0.25) is 0 Å². The average molecular weight is 562 g/mol. The molecule has 6 rings (SSSR count). The SMILES string of the molecule is O=C(c1ccc(Br)cc1)[C@@H]1Oc2ccc(Br)cc2[C@H]2CC(c3ccc4ccccc4c3)=NN21. The summed E-state index contributed by atoms with van der Waals surface area (Å²) in [5.74, 6) is 0.620. The molecule has 6 heteroatoms. The first kappa shape index (κ1) is 20.6. The van der Waals surface area contributed by atoms with Crippen LogP contribution >= 0.6 is 31.9 Å². The number of carbonyl (C=O) groups is 1. The van der Waals surface area contributed by atoms with Gasteiger partial charge in [-0.2, -0.15) is 5.10 Å². The lowest BCUT2D eigenvalue weighted by molar-refractivity contribution is -0.00459. The fourth-order valence-corrected chi connectivity index (χ4v) is 5.17. The van der Waals surface area contributed by atoms with Crippen molar-refractivity contribution in [1.82, 2.24) is 5.01 Å². The predicted molar refractivity (Wildman–Crippen MR) is 137 cm³/mol. The van der Waals surface area contributed by atoms with E-state index in [0.29, 0.717) is 12.0 Å². The highest BCUT2D eigenvalue weighted by Crippen LogP contribution is 2.44. The summed E-state index contributed by atoms with van der Waals surface area (Å²) in [5.41, 5.74) is 3.64. The molecule has 0 spiro atoms. The smallest absolute Gasteiger partial charge is 0.251 e. The van der Waals surface area contributed by atoms with E-state index in [1.165, 1.54) is 10.8 Å². The number of hydrogen-bond donors (Lipinski definition) is 0. The molecular formula is C27H18Br2N2O2. The Morgan fingerprint density at radius 3 is 2.45 bits per heavy atom. The van der Waals surface area contributed by atoms with E-state index < -0.39 is 6.23 Å². The van der Waals surface area contributed by atoms with E-state index in [0.717, 1.165) is 31.5 Å². The average Bonchev–Trinajstić information content (AvgIpc) is 3.29. The first-order chi connectivity index (χ1) is 16.1. The molecule has 162 valence electrons. The van der Waals surface area contributed by atoms with E-state index in [2.05, 4.69) is 68.3 Å². The van der Waals surface area contributed by atoms with Gasteiger partial charge in [0.25, 0.3) is 6.23 Å². The van der Waals surface area contributed by atoms with Crippen molar-refractivity contribution in [3.8, 4) is 5.75 Å². The van der Waals surface area contributed by atoms with Crippen molar-refractivity contribution >= 4 is 54.1 Å². The standard InChI is InChI=1S/C27H18Br2N2O2/c28-20-9-7-17(8-10-20)26(32)27-31-24(22-14-21(29)11-12-25(22)33-27)15-23(30-31)19-6-5-16-3-1-2-4-18(16)13-19/h1-14,24,27H,15H2/t24-,27+/m1/s1. The Kier molecular flexibility index (Phi) is 5.07. The Bertz CT molecular complexity index is 1430. The van der Waals surface area contributed by atoms with E-state index >= 15 is 0 Å². The van der Waals surface area contributed by atoms with Crippen molar-refractivity contribution in [3.05, 3.63) is 111 Å². The molecule has 2 atom stereocenters. The summed E-state index contributed by atoms with van der Waals surface area (Å²) in [4.78, 5) is 13.5. The number of hydrogen-bond acceptors (Lipinski definition) is 4. The molecule has 2 heterocycles. The molecule has 0 saturated carbocycles. The number of halogens is 2. The van der Waals surface area contributed by atoms with E-state index in [1.54, 1.807) is 0 Å². The van der Waals surface area contributed by atoms with Gasteiger partial charge >= 0.3 is 0 Å². The van der Waals surface area contributed by atoms with Crippen LogP contribution in [-0.2, 0) is 0 Å². The minimum atomic E-state index is -0.817. The summed E-state index contributed by atoms with van der Waals surface area (Å²) < 4.78 is 8.14. The Morgan fingerprint density at radius 2 is 1.64 bits per heavy atom. The van der Waals surface area contributed by atoms with Gasteiger partial charge in [0.1, 0.15) is 5.75 Å². The Labute approximate surface area is 208 Å². The summed E-state index contributed by atoms with van der Waals surface area (Å²) in [7, 11) is 0. The normalized spacial score (nSPS) is 19.0. The fraction of sp³-hybridized carbons (Fsp3) is 0.111. The number of Topliss-reactive ketones (excluding diaryl/α,β-unsaturated/α-hetero) is 1. The molecule has 0 unspecified atom stereocenters. The highest BCUT2D eigenvalue weighted by atomic mass is 79.9. The lowest BCUT2D eigenvalue weighted by atomic mass is 9.95. The van der Waals surface area contributed by atoms with Gasteiger partial charge in [0.2, 0.25) is 5.78 Å². The minimum Gasteiger partial charge on any atom is -0.461 e. The van der Waals surface area contributed by atoms with Gasteiger partial charge in [0, 0.05) is 26.5 Å². The molecule has 0 saturated heterocycles. The van der Waals surface area contributed by atoms with Crippen molar-refractivity contribution in [3.63, 3.8) is 0 Å². The van der Waals surface area contributed by atoms with Crippen LogP contribution in [0, 0.1) is 0 Å². The zero-order chi connectivity index (χ0) is 22.5. The second kappa shape index (κ2) is 8.12. The van der Waals surface area contributed by atoms with Gasteiger partial charge in [-0.1, -0.05) is 80.4 Å². The maximum absolute atomic E-state index is 13.5. The Morgan fingerprint density at radius 1 is 0.879 bits per heavy atom. The van der Waals surface area contributed by atoms with Crippen LogP contribution in [0.1, 0.15) is 33.9 Å². The van der Waals surface area contributed by atoms with Crippen molar-refractivity contribution in [2.24, 2.45) is 5.10 Å². The van der Waals surface area contributed by atoms with Gasteiger partial charge in [-0.3, -0.25) is 4.79 Å². The van der Waals surface area contributed by atoms with E-state index in [4.69, 9.17) is 9.84 Å². The number of fused-ring (bicyclic) bond motifs is 4. The molecule has 33 heavy (non-hydrogen) atoms. The number of rotatable bonds is 3. The molecule has 4 nitrogen and oxygen atoms in total. The molecule has 2 aliphatic heterocycles. The molecule has 0 fully saturated rings. The maximum Gasteiger partial charge on any atom is 0.251 e. The zero-order valence-corrected chi connectivity index (χ0v) is 20.6. The van der Waals surface area contributed by atoms with Gasteiger partial charge in [-0.05, 0) is 52.7 Å². The number of nitrogens with zero attached hydrogens (tertiary/aromatic N) is 2. The van der Waals surface area contributed by atoms with E-state index in [-0.39, 0.29) is 11.8 Å². The van der Waals surface area contributed by atoms with Crippen LogP contribution in [0.4, 0.5) is 0 Å². The van der Waals surface area contributed by atoms with Crippen LogP contribution in [0.15, 0.2) is 99.0 Å². The first-order valence-corrected chi connectivity index (χ1v) is 12.3. The molecule has 0 N–H and O–H groups in total. The summed E-state index contributed by atoms with van der Waals surface area (Å²) >= 11 is 7.01. The van der Waals surface area contributed by atoms with Gasteiger partial charge in [-0.25, -0.2) is 5.01 Å². The van der Waals surface area contributed by atoms with Gasteiger partial charge in [0.05, 0.1) is 11.8 Å². The Balaban J connectivity index is 1.43. The topological polar surface area (TPSA) is 41.9 Å². The maximum atomic E-state index is 13.5. The molecular weight excluding hydrogens is 544 g/mol. The third kappa shape index (κ3) is 3.67. The van der Waals surface area contributed by atoms with Crippen LogP contribution in [0.25, 0.3) is 10.8 Å². The number of benzene rings is 4. The number of ketones is 1. The van der Waals surface area contributed by atoms with Crippen LogP contribution < -0.4 is 4.74 Å². The molecule has 0 aliphatic carbocycles. The van der Waals surface area contributed by atoms with Crippen molar-refractivity contribution in [1.29, 1.82) is 0 Å². The quantitative estimate of drug-likeness (QED) is 0.250. The number of carbonyl (C=O) groups excluding carboxylic acids is 1. The second-order valence-electron chi connectivity index (χ2n) is 8.23. The van der Waals surface area contributed by atoms with Crippen LogP contribution in [-0.4, -0.2) is 22.7 Å². The molecule has 0 amide bonds. The second-order valence-corrected chi connectivity index (χ2v) is 10.1. The molecule has 2 aliphatic rings. The largest absolute Gasteiger partial charge is 0.461 e. The monoisotopic (exact) mass is 560 g/mol. The van der Waals surface area contributed by atoms with E-state index in [1.807, 2.05) is 53.5 Å². The third-order valence-corrected chi connectivity index (χ3v) is 7.21. The summed E-state index contributed by atoms with van der Waals surface area (Å²) in [6, 6.07) is 27.9. The van der Waals surface area contributed by atoms with Crippen molar-refractivity contribution < 1.29 is 9.53 Å². The first-order valence-electron chi connectivity index (χ1n) is 10.7. The highest BCUT2D eigenvalue weighted by Gasteiger charge is 2.43. The number of hydrazone groups is 1. The molecule has 4 aromatic rings. The Hall–Kier alpha value is -2.96. The third-order valence-electron chi connectivity index (χ3n) is 6.19. The van der Waals surface area contributed by atoms with Crippen LogP contribution in [0.3, 0.4) is 0 Å². The molecule has 0 aromatic heterocycles. The summed E-state index contributed by atoms with van der Waals surface area (Å²) in [5, 5.41) is 9.14. The number of ether oxygens (including phenoxy) is 1. The van der Waals surface area contributed by atoms with Gasteiger partial charge < -0.3 is 4.74 Å². The van der Waals surface area contributed by atoms with Crippen LogP contribution in [0.5, 0.6) is 5.75 Å². The lowest BCUT2D eigenvalue weighted by Gasteiger charge is -2.37. The zero-order valence-electron chi connectivity index (χ0n) is 17.4. The predicted octanol–water partition coefficient (Wildman–Crippen LogP) is 7.12. The van der Waals surface area contributed by atoms with Gasteiger partial charge in [0.15, 0.2) is 0 Å². The molecule has 0 radical (unpaired) electrons. The van der Waals surface area contributed by atoms with Crippen molar-refractivity contribution in [2.45, 2.75) is 18.7 Å². The molecule has 4 aromatic carbocycles. The minimum absolute atomic E-state index is 0.0721. The lowest BCUT2D eigenvalue weighted by Crippen LogP contribution is -2.45. The van der Waals surface area contributed by atoms with Crippen molar-refractivity contribution in [2.75, 3.05) is 0 Å². The highest BCUT2D eigenvalue weighted by molar-refractivity contribution is 9.10. The van der Waals surface area contributed by atoms with Gasteiger partial charge in [-0.15, -0.1) is 0 Å². The molecule has 0 bridgehead atoms. The van der Waals surface area contributed by atoms with E-state index in [9.17, 15) is 4.79 Å². The summed E-state index contributed by atoms with van der Waals surface area (Å²) in [6.07, 6.45) is -0.113. The summed E-state index contributed by atoms with van der Waals surface area (Å²) in [6.45, 7) is 0.